The van der Waals surface area contributed by atoms with Crippen LogP contribution < -0.4 is 0 Å². The van der Waals surface area contributed by atoms with Gasteiger partial charge in [0, 0.05) is 23.0 Å². The van der Waals surface area contributed by atoms with Crippen molar-refractivity contribution in [2.45, 2.75) is 46.0 Å². The van der Waals surface area contributed by atoms with Crippen LogP contribution in [0.1, 0.15) is 57.5 Å². The van der Waals surface area contributed by atoms with Gasteiger partial charge in [-0.2, -0.15) is 0 Å². The van der Waals surface area contributed by atoms with Gasteiger partial charge in [-0.3, -0.25) is 0 Å². The number of rotatable bonds is 5. The molecule has 0 saturated carbocycles. The predicted molar refractivity (Wildman–Crippen MR) is 239 cm³/mol. The molecule has 5 aliphatic carbocycles. The first kappa shape index (κ1) is 35.5. The zero-order valence-electron chi connectivity index (χ0n) is 33.4. The summed E-state index contributed by atoms with van der Waals surface area (Å²) in [7, 11) is 0. The molecule has 57 heavy (non-hydrogen) atoms. The standard InChI is InChI=1S/C55H50N2/c1-35-36(2)52-46-24-13-14-25-48(46)55(3,4)49-33-43(30-31-47(49)53(52)45-23-12-11-22-44(35)45)42-21-15-20-41(32-42)37-26-28-39(29-27-37)51-34-50(38-16-7-5-8-17-38)56-54(57-51)40-18-9-6-10-19-40/h5-9,11-18,20-36,44-46,48H,10,19H2,1-4H3. The van der Waals surface area contributed by atoms with E-state index in [1.807, 2.05) is 0 Å². The first-order chi connectivity index (χ1) is 27.8. The quantitative estimate of drug-likeness (QED) is 0.179. The summed E-state index contributed by atoms with van der Waals surface area (Å²) in [6.45, 7) is 9.95. The van der Waals surface area contributed by atoms with Crippen LogP contribution in [0.25, 0.3) is 55.9 Å². The van der Waals surface area contributed by atoms with E-state index in [-0.39, 0.29) is 5.41 Å². The fraction of sp³-hybridized carbons (Fsp3) is 0.236. The van der Waals surface area contributed by atoms with Crippen LogP contribution in [0.2, 0.25) is 0 Å². The lowest BCUT2D eigenvalue weighted by Crippen LogP contribution is -2.37. The number of nitrogens with zero attached hydrogens (tertiary/aromatic N) is 2. The van der Waals surface area contributed by atoms with E-state index in [0.717, 1.165) is 41.2 Å². The van der Waals surface area contributed by atoms with Crippen molar-refractivity contribution in [1.82, 2.24) is 9.97 Å². The Balaban J connectivity index is 1.02. The monoisotopic (exact) mass is 738 g/mol. The van der Waals surface area contributed by atoms with Crippen LogP contribution in [-0.2, 0) is 5.41 Å². The van der Waals surface area contributed by atoms with Crippen molar-refractivity contribution in [3.8, 4) is 44.8 Å². The van der Waals surface area contributed by atoms with Crippen molar-refractivity contribution in [1.29, 1.82) is 0 Å². The predicted octanol–water partition coefficient (Wildman–Crippen LogP) is 13.9. The summed E-state index contributed by atoms with van der Waals surface area (Å²) in [5.74, 6) is 3.65. The van der Waals surface area contributed by atoms with E-state index in [4.69, 9.17) is 9.97 Å². The van der Waals surface area contributed by atoms with Crippen LogP contribution in [0.15, 0.2) is 176 Å². The zero-order valence-corrected chi connectivity index (χ0v) is 33.4. The minimum Gasteiger partial charge on any atom is -0.228 e. The summed E-state index contributed by atoms with van der Waals surface area (Å²) in [5, 5.41) is 0. The molecule has 5 aromatic rings. The van der Waals surface area contributed by atoms with Crippen LogP contribution >= 0.6 is 0 Å². The maximum atomic E-state index is 5.11. The van der Waals surface area contributed by atoms with E-state index in [1.165, 1.54) is 39.0 Å². The van der Waals surface area contributed by atoms with Crippen molar-refractivity contribution in [3.05, 3.63) is 192 Å². The zero-order chi connectivity index (χ0) is 38.7. The van der Waals surface area contributed by atoms with Gasteiger partial charge in [-0.1, -0.05) is 185 Å². The van der Waals surface area contributed by atoms with Gasteiger partial charge in [0.15, 0.2) is 5.82 Å². The van der Waals surface area contributed by atoms with E-state index in [9.17, 15) is 0 Å². The highest BCUT2D eigenvalue weighted by atomic mass is 14.9. The van der Waals surface area contributed by atoms with E-state index < -0.39 is 0 Å². The van der Waals surface area contributed by atoms with Crippen LogP contribution in [0.5, 0.6) is 0 Å². The molecule has 2 heteroatoms. The minimum atomic E-state index is -0.0554. The molecule has 10 rings (SSSR count). The molecule has 280 valence electrons. The Hall–Kier alpha value is -5.86. The van der Waals surface area contributed by atoms with Gasteiger partial charge in [0.2, 0.25) is 0 Å². The number of fused-ring (bicyclic) bond motifs is 6. The Labute approximate surface area is 338 Å². The van der Waals surface area contributed by atoms with Crippen molar-refractivity contribution in [2.75, 3.05) is 0 Å². The van der Waals surface area contributed by atoms with Crippen LogP contribution in [0, 0.1) is 35.5 Å². The summed E-state index contributed by atoms with van der Waals surface area (Å²) < 4.78 is 0. The summed E-state index contributed by atoms with van der Waals surface area (Å²) in [6.07, 6.45) is 27.6. The highest BCUT2D eigenvalue weighted by Crippen LogP contribution is 2.58. The highest BCUT2D eigenvalue weighted by Gasteiger charge is 2.49. The average Bonchev–Trinajstić information content (AvgIpc) is 3.36. The smallest absolute Gasteiger partial charge is 0.156 e. The third-order valence-corrected chi connectivity index (χ3v) is 13.8. The topological polar surface area (TPSA) is 25.8 Å². The van der Waals surface area contributed by atoms with Gasteiger partial charge in [0.1, 0.15) is 0 Å². The lowest BCUT2D eigenvalue weighted by Gasteiger charge is -2.45. The molecule has 1 aromatic heterocycles. The van der Waals surface area contributed by atoms with E-state index in [2.05, 4.69) is 198 Å². The van der Waals surface area contributed by atoms with E-state index in [1.54, 1.807) is 11.1 Å². The SMILES string of the molecule is CC1C2=C(c3ccc(-c4cccc(-c5ccc(-c6cc(-c7ccccc7)nc(C7=CC=CCC7)n6)cc5)c4)cc3C(C)(C)C3C=CC=CC23)C2C=CC=CC2C1C. The third-order valence-electron chi connectivity index (χ3n) is 13.8. The summed E-state index contributed by atoms with van der Waals surface area (Å²) in [6, 6.07) is 38.0. The summed E-state index contributed by atoms with van der Waals surface area (Å²) >= 11 is 0. The molecule has 6 atom stereocenters. The first-order valence-corrected chi connectivity index (χ1v) is 21.0. The average molecular weight is 739 g/mol. The van der Waals surface area contributed by atoms with Gasteiger partial charge in [-0.15, -0.1) is 0 Å². The lowest BCUT2D eigenvalue weighted by molar-refractivity contribution is 0.253. The van der Waals surface area contributed by atoms with E-state index in [0.29, 0.717) is 35.5 Å². The van der Waals surface area contributed by atoms with Gasteiger partial charge in [-0.25, -0.2) is 9.97 Å². The molecule has 0 amide bonds. The van der Waals surface area contributed by atoms with Crippen molar-refractivity contribution >= 4 is 11.1 Å². The first-order valence-electron chi connectivity index (χ1n) is 21.0. The van der Waals surface area contributed by atoms with Crippen LogP contribution in [0.3, 0.4) is 0 Å². The van der Waals surface area contributed by atoms with Crippen molar-refractivity contribution in [2.24, 2.45) is 35.5 Å². The Morgan fingerprint density at radius 2 is 1.21 bits per heavy atom. The highest BCUT2D eigenvalue weighted by molar-refractivity contribution is 5.83. The molecule has 0 bridgehead atoms. The third kappa shape index (κ3) is 6.18. The molecule has 1 heterocycles. The summed E-state index contributed by atoms with van der Waals surface area (Å²) in [5.41, 5.74) is 16.3. The molecule has 0 aliphatic heterocycles. The maximum Gasteiger partial charge on any atom is 0.156 e. The molecular weight excluding hydrogens is 689 g/mol. The minimum absolute atomic E-state index is 0.0554. The molecule has 2 nitrogen and oxygen atoms in total. The Morgan fingerprint density at radius 1 is 0.579 bits per heavy atom. The van der Waals surface area contributed by atoms with Gasteiger partial charge in [0.05, 0.1) is 11.4 Å². The molecule has 6 unspecified atom stereocenters. The number of hydrogen-bond donors (Lipinski definition) is 0. The fourth-order valence-corrected chi connectivity index (χ4v) is 10.5. The molecule has 0 radical (unpaired) electrons. The van der Waals surface area contributed by atoms with Crippen LogP contribution in [0.4, 0.5) is 0 Å². The largest absolute Gasteiger partial charge is 0.228 e. The van der Waals surface area contributed by atoms with E-state index >= 15 is 0 Å². The fourth-order valence-electron chi connectivity index (χ4n) is 10.5. The van der Waals surface area contributed by atoms with Gasteiger partial charge >= 0.3 is 0 Å². The van der Waals surface area contributed by atoms with Crippen LogP contribution in [-0.4, -0.2) is 9.97 Å². The second kappa shape index (κ2) is 14.3. The van der Waals surface area contributed by atoms with Gasteiger partial charge < -0.3 is 0 Å². The summed E-state index contributed by atoms with van der Waals surface area (Å²) in [4.78, 5) is 10.1. The number of hydrogen-bond acceptors (Lipinski definition) is 2. The molecular formula is C55H50N2. The molecule has 0 saturated heterocycles. The second-order valence-corrected chi connectivity index (χ2v) is 17.3. The lowest BCUT2D eigenvalue weighted by atomic mass is 9.59. The number of benzene rings is 4. The normalized spacial score (nSPS) is 25.2. The molecule has 4 aromatic carbocycles. The molecule has 0 fully saturated rings. The number of aromatic nitrogens is 2. The Bertz CT molecular complexity index is 2590. The Morgan fingerprint density at radius 3 is 1.96 bits per heavy atom. The van der Waals surface area contributed by atoms with Gasteiger partial charge in [0.25, 0.3) is 0 Å². The second-order valence-electron chi connectivity index (χ2n) is 17.3. The Kier molecular flexibility index (Phi) is 8.89. The van der Waals surface area contributed by atoms with Crippen molar-refractivity contribution in [3.63, 3.8) is 0 Å². The van der Waals surface area contributed by atoms with Gasteiger partial charge in [-0.05, 0) is 105 Å². The molecule has 0 N–H and O–H groups in total. The number of allylic oxidation sites excluding steroid dienone is 14. The molecule has 5 aliphatic rings. The molecule has 0 spiro atoms. The maximum absolute atomic E-state index is 5.11. The van der Waals surface area contributed by atoms with Crippen molar-refractivity contribution < 1.29 is 0 Å².